The Balaban J connectivity index is 2.21. The van der Waals surface area contributed by atoms with E-state index in [4.69, 9.17) is 4.74 Å². The molecule has 2 bridgehead atoms. The summed E-state index contributed by atoms with van der Waals surface area (Å²) >= 11 is 0. The molecular formula is C22H34O5. The molecule has 0 aromatic rings. The molecule has 0 aromatic heterocycles. The van der Waals surface area contributed by atoms with Crippen LogP contribution in [0.15, 0.2) is 12.7 Å². The summed E-state index contributed by atoms with van der Waals surface area (Å²) in [5.41, 5.74) is -1.43. The summed E-state index contributed by atoms with van der Waals surface area (Å²) in [6.45, 7) is 11.5. The zero-order valence-corrected chi connectivity index (χ0v) is 17.0. The summed E-state index contributed by atoms with van der Waals surface area (Å²) in [4.78, 5) is 25.2. The second-order valence-electron chi connectivity index (χ2n) is 9.72. The molecule has 0 radical (unpaired) electrons. The number of hydrogen-bond donors (Lipinski definition) is 2. The van der Waals surface area contributed by atoms with Gasteiger partial charge in [-0.2, -0.15) is 0 Å². The van der Waals surface area contributed by atoms with Crippen molar-refractivity contribution in [3.05, 3.63) is 12.7 Å². The molecule has 3 saturated carbocycles. The Bertz CT molecular complexity index is 645. The number of hydrogen-bond acceptors (Lipinski definition) is 5. The van der Waals surface area contributed by atoms with E-state index in [1.165, 1.54) is 0 Å². The van der Waals surface area contributed by atoms with E-state index in [0.29, 0.717) is 12.8 Å². The van der Waals surface area contributed by atoms with Crippen molar-refractivity contribution in [1.29, 1.82) is 0 Å². The van der Waals surface area contributed by atoms with E-state index in [9.17, 15) is 19.8 Å². The summed E-state index contributed by atoms with van der Waals surface area (Å²) in [6.07, 6.45) is 4.10. The Labute approximate surface area is 162 Å². The van der Waals surface area contributed by atoms with Crippen molar-refractivity contribution in [1.82, 2.24) is 0 Å². The van der Waals surface area contributed by atoms with E-state index in [1.807, 2.05) is 6.92 Å². The fourth-order valence-electron chi connectivity index (χ4n) is 6.70. The minimum Gasteiger partial charge on any atom is -0.460 e. The molecule has 1 unspecified atom stereocenters. The van der Waals surface area contributed by atoms with Gasteiger partial charge in [0.25, 0.3) is 0 Å². The van der Waals surface area contributed by atoms with Gasteiger partial charge in [-0.05, 0) is 42.9 Å². The normalized spacial score (nSPS) is 49.7. The second kappa shape index (κ2) is 6.70. The largest absolute Gasteiger partial charge is 0.460 e. The lowest BCUT2D eigenvalue weighted by Gasteiger charge is -2.61. The van der Waals surface area contributed by atoms with Crippen LogP contribution >= 0.6 is 0 Å². The number of aliphatic hydroxyl groups is 2. The van der Waals surface area contributed by atoms with Crippen molar-refractivity contribution in [2.75, 3.05) is 6.61 Å². The number of aliphatic hydroxyl groups excluding tert-OH is 2. The van der Waals surface area contributed by atoms with Gasteiger partial charge in [0.2, 0.25) is 0 Å². The first-order chi connectivity index (χ1) is 12.6. The van der Waals surface area contributed by atoms with E-state index < -0.39 is 35.6 Å². The van der Waals surface area contributed by atoms with Gasteiger partial charge in [-0.25, -0.2) is 4.79 Å². The van der Waals surface area contributed by atoms with Gasteiger partial charge in [-0.3, -0.25) is 4.79 Å². The van der Waals surface area contributed by atoms with Crippen LogP contribution in [0.1, 0.15) is 59.8 Å². The van der Waals surface area contributed by atoms with Crippen LogP contribution in [0.2, 0.25) is 0 Å². The van der Waals surface area contributed by atoms with Crippen molar-refractivity contribution in [3.63, 3.8) is 0 Å². The Morgan fingerprint density at radius 2 is 2.00 bits per heavy atom. The minimum absolute atomic E-state index is 0.0433. The summed E-state index contributed by atoms with van der Waals surface area (Å²) in [5.74, 6) is -0.520. The predicted octanol–water partition coefficient (Wildman–Crippen LogP) is 2.89. The van der Waals surface area contributed by atoms with Crippen molar-refractivity contribution in [2.45, 2.75) is 72.0 Å². The number of ether oxygens (including phenoxy) is 1. The van der Waals surface area contributed by atoms with E-state index in [1.54, 1.807) is 6.08 Å². The highest BCUT2D eigenvalue weighted by molar-refractivity contribution is 5.85. The van der Waals surface area contributed by atoms with Crippen LogP contribution in [0.3, 0.4) is 0 Å². The molecule has 0 heterocycles. The molecule has 2 N–H and O–H groups in total. The fraction of sp³-hybridized carbons (Fsp3) is 0.818. The van der Waals surface area contributed by atoms with Gasteiger partial charge in [0.1, 0.15) is 18.5 Å². The number of carbonyl (C=O) groups is 2. The summed E-state index contributed by atoms with van der Waals surface area (Å²) in [6, 6.07) is 0. The molecule has 27 heavy (non-hydrogen) atoms. The number of Topliss-reactive ketones (excluding diaryl/α,β-unsaturated/α-hetero) is 1. The smallest absolute Gasteiger partial charge is 0.332 e. The highest BCUT2D eigenvalue weighted by atomic mass is 16.6. The van der Waals surface area contributed by atoms with Crippen molar-refractivity contribution < 1.29 is 24.5 Å². The monoisotopic (exact) mass is 378 g/mol. The van der Waals surface area contributed by atoms with Crippen LogP contribution in [0.5, 0.6) is 0 Å². The number of ketones is 1. The van der Waals surface area contributed by atoms with Gasteiger partial charge in [0.15, 0.2) is 0 Å². The average Bonchev–Trinajstić information content (AvgIpc) is 3.00. The molecule has 0 spiro atoms. The fourth-order valence-corrected chi connectivity index (χ4v) is 6.70. The maximum Gasteiger partial charge on any atom is 0.332 e. The van der Waals surface area contributed by atoms with Gasteiger partial charge in [-0.15, -0.1) is 6.58 Å². The van der Waals surface area contributed by atoms with Gasteiger partial charge in [-0.1, -0.05) is 33.8 Å². The molecule has 3 rings (SSSR count). The lowest BCUT2D eigenvalue weighted by atomic mass is 9.44. The van der Waals surface area contributed by atoms with Crippen LogP contribution < -0.4 is 0 Å². The van der Waals surface area contributed by atoms with Gasteiger partial charge in [0.05, 0.1) is 6.10 Å². The maximum absolute atomic E-state index is 13.1. The molecule has 152 valence electrons. The summed E-state index contributed by atoms with van der Waals surface area (Å²) in [5, 5.41) is 20.6. The van der Waals surface area contributed by atoms with Crippen LogP contribution in [0.4, 0.5) is 0 Å². The van der Waals surface area contributed by atoms with Crippen molar-refractivity contribution in [2.24, 2.45) is 34.0 Å². The third kappa shape index (κ3) is 2.72. The predicted molar refractivity (Wildman–Crippen MR) is 102 cm³/mol. The van der Waals surface area contributed by atoms with Crippen LogP contribution in [-0.2, 0) is 14.3 Å². The molecule has 0 aliphatic heterocycles. The zero-order chi connectivity index (χ0) is 20.2. The number of esters is 1. The third-order valence-corrected chi connectivity index (χ3v) is 8.70. The lowest BCUT2D eigenvalue weighted by Crippen LogP contribution is -2.63. The molecular weight excluding hydrogens is 344 g/mol. The van der Waals surface area contributed by atoms with E-state index in [2.05, 4.69) is 27.4 Å². The molecule has 5 nitrogen and oxygen atoms in total. The molecule has 8 atom stereocenters. The first-order valence-corrected chi connectivity index (χ1v) is 10.2. The molecule has 3 fully saturated rings. The molecule has 0 saturated heterocycles. The molecule has 0 amide bonds. The summed E-state index contributed by atoms with van der Waals surface area (Å²) in [7, 11) is 0. The quantitative estimate of drug-likeness (QED) is 0.583. The van der Waals surface area contributed by atoms with E-state index >= 15 is 0 Å². The minimum atomic E-state index is -0.686. The van der Waals surface area contributed by atoms with Crippen LogP contribution in [0.25, 0.3) is 0 Å². The highest BCUT2D eigenvalue weighted by Gasteiger charge is 2.68. The molecule has 3 aliphatic carbocycles. The second-order valence-corrected chi connectivity index (χ2v) is 9.72. The Hall–Kier alpha value is -1.20. The Kier molecular flexibility index (Phi) is 5.09. The average molecular weight is 379 g/mol. The van der Waals surface area contributed by atoms with E-state index in [-0.39, 0.29) is 29.0 Å². The topological polar surface area (TPSA) is 83.8 Å². The van der Waals surface area contributed by atoms with Crippen molar-refractivity contribution >= 4 is 11.8 Å². The Morgan fingerprint density at radius 3 is 2.59 bits per heavy atom. The molecule has 3 aliphatic rings. The lowest BCUT2D eigenvalue weighted by molar-refractivity contribution is -0.207. The van der Waals surface area contributed by atoms with Crippen LogP contribution in [-0.4, -0.2) is 40.8 Å². The zero-order valence-electron chi connectivity index (χ0n) is 17.0. The van der Waals surface area contributed by atoms with Crippen molar-refractivity contribution in [3.8, 4) is 0 Å². The maximum atomic E-state index is 13.1. The number of carbonyl (C=O) groups excluding carboxylic acids is 2. The van der Waals surface area contributed by atoms with Gasteiger partial charge in [0, 0.05) is 23.2 Å². The SMILES string of the molecule is C=C[C@]1(C)CC(OC(=O)CO)[C@]2(C)[C@@H]3C(=O)CC[C@]3(CC[C@@H]2C)[C@H](C)[C@H]1O. The molecule has 0 aromatic carbocycles. The third-order valence-electron chi connectivity index (χ3n) is 8.70. The van der Waals surface area contributed by atoms with E-state index in [0.717, 1.165) is 19.3 Å². The van der Waals surface area contributed by atoms with Gasteiger partial charge >= 0.3 is 5.97 Å². The van der Waals surface area contributed by atoms with Crippen LogP contribution in [0, 0.1) is 34.0 Å². The highest BCUT2D eigenvalue weighted by Crippen LogP contribution is 2.67. The Morgan fingerprint density at radius 1 is 1.33 bits per heavy atom. The number of rotatable bonds is 3. The summed E-state index contributed by atoms with van der Waals surface area (Å²) < 4.78 is 5.77. The molecule has 5 heteroatoms. The standard InChI is InChI=1S/C22H34O5/c1-6-20(4)11-16(27-17(25)12-23)21(5)13(2)7-9-22(14(3)19(20)26)10-8-15(24)18(21)22/h6,13-14,16,18-19,23,26H,1,7-12H2,2-5H3/t13-,14+,16?,18-,19+,20+,21+,22+/m0/s1. The first-order valence-electron chi connectivity index (χ1n) is 10.2. The van der Waals surface area contributed by atoms with Gasteiger partial charge < -0.3 is 14.9 Å². The first kappa shape index (κ1) is 20.5.